The van der Waals surface area contributed by atoms with Gasteiger partial charge in [0.25, 0.3) is 0 Å². The van der Waals surface area contributed by atoms with Crippen molar-refractivity contribution in [1.29, 1.82) is 0 Å². The molecule has 2 nitrogen and oxygen atoms in total. The van der Waals surface area contributed by atoms with Crippen LogP contribution in [-0.4, -0.2) is 11.1 Å². The average molecular weight is 184 g/mol. The van der Waals surface area contributed by atoms with Gasteiger partial charge in [0, 0.05) is 0 Å². The number of carbonyl (C=O) groups is 1. The number of hydrogen-bond acceptors (Lipinski definition) is 2. The van der Waals surface area contributed by atoms with E-state index in [4.69, 9.17) is 5.11 Å². The smallest absolute Gasteiger partial charge is 0.303 e. The molecule has 1 aromatic rings. The first-order chi connectivity index (χ1) is 5.61. The van der Waals surface area contributed by atoms with E-state index in [1.165, 1.54) is 11.1 Å². The summed E-state index contributed by atoms with van der Waals surface area (Å²) in [4.78, 5) is 10.4. The van der Waals surface area contributed by atoms with Crippen LogP contribution in [0.4, 0.5) is 0 Å². The molecule has 0 aliphatic rings. The molecule has 1 heterocycles. The molecule has 66 valence electrons. The maximum atomic E-state index is 10.4. The van der Waals surface area contributed by atoms with E-state index in [0.29, 0.717) is 0 Å². The summed E-state index contributed by atoms with van der Waals surface area (Å²) in [5, 5.41) is 12.7. The molecular weight excluding hydrogens is 172 g/mol. The maximum Gasteiger partial charge on any atom is 0.303 e. The Kier molecular flexibility index (Phi) is 2.87. The topological polar surface area (TPSA) is 37.3 Å². The minimum absolute atomic E-state index is 0.133. The van der Waals surface area contributed by atoms with Crippen molar-refractivity contribution >= 4 is 17.3 Å². The minimum Gasteiger partial charge on any atom is -0.481 e. The molecule has 0 spiro atoms. The fourth-order valence-electron chi connectivity index (χ4n) is 1.25. The Bertz CT molecular complexity index is 278. The molecule has 1 rings (SSSR count). The predicted molar refractivity (Wildman–Crippen MR) is 49.7 cm³/mol. The third-order valence-corrected chi connectivity index (χ3v) is 2.79. The summed E-state index contributed by atoms with van der Waals surface area (Å²) in [5.74, 6) is -0.596. The first-order valence-electron chi connectivity index (χ1n) is 3.85. The van der Waals surface area contributed by atoms with Crippen LogP contribution in [0.25, 0.3) is 0 Å². The molecule has 0 saturated carbocycles. The number of rotatable bonds is 3. The van der Waals surface area contributed by atoms with Gasteiger partial charge >= 0.3 is 5.97 Å². The van der Waals surface area contributed by atoms with E-state index in [9.17, 15) is 4.79 Å². The average Bonchev–Trinajstić information content (AvgIpc) is 2.33. The van der Waals surface area contributed by atoms with E-state index in [1.807, 2.05) is 24.6 Å². The van der Waals surface area contributed by atoms with Gasteiger partial charge in [0.15, 0.2) is 0 Å². The Labute approximate surface area is 75.9 Å². The molecule has 1 unspecified atom stereocenters. The molecule has 0 fully saturated rings. The number of hydrogen-bond donors (Lipinski definition) is 1. The molecule has 0 radical (unpaired) electrons. The van der Waals surface area contributed by atoms with Crippen molar-refractivity contribution in [2.45, 2.75) is 26.2 Å². The minimum atomic E-state index is -0.729. The van der Waals surface area contributed by atoms with Gasteiger partial charge in [0.2, 0.25) is 0 Å². The lowest BCUT2D eigenvalue weighted by atomic mass is 9.98. The first kappa shape index (κ1) is 9.26. The van der Waals surface area contributed by atoms with Crippen molar-refractivity contribution in [3.63, 3.8) is 0 Å². The Balaban J connectivity index is 2.71. The summed E-state index contributed by atoms with van der Waals surface area (Å²) in [6, 6.07) is 0. The normalized spacial score (nSPS) is 12.8. The van der Waals surface area contributed by atoms with Gasteiger partial charge in [0.05, 0.1) is 6.42 Å². The fraction of sp³-hybridized carbons (Fsp3) is 0.444. The van der Waals surface area contributed by atoms with E-state index in [0.717, 1.165) is 0 Å². The van der Waals surface area contributed by atoms with Crippen molar-refractivity contribution in [2.24, 2.45) is 0 Å². The Morgan fingerprint density at radius 1 is 1.67 bits per heavy atom. The molecule has 0 saturated heterocycles. The van der Waals surface area contributed by atoms with Gasteiger partial charge in [-0.2, -0.15) is 11.3 Å². The van der Waals surface area contributed by atoms with Crippen LogP contribution in [0.3, 0.4) is 0 Å². The highest BCUT2D eigenvalue weighted by molar-refractivity contribution is 7.08. The van der Waals surface area contributed by atoms with Gasteiger partial charge in [0.1, 0.15) is 0 Å². The zero-order valence-corrected chi connectivity index (χ0v) is 8.02. The van der Waals surface area contributed by atoms with Crippen molar-refractivity contribution in [1.82, 2.24) is 0 Å². The number of carboxylic acid groups (broad SMARTS) is 1. The Morgan fingerprint density at radius 2 is 2.33 bits per heavy atom. The van der Waals surface area contributed by atoms with Crippen LogP contribution in [0.2, 0.25) is 0 Å². The quantitative estimate of drug-likeness (QED) is 0.784. The Hall–Kier alpha value is -0.830. The molecule has 0 bridgehead atoms. The maximum absolute atomic E-state index is 10.4. The number of aryl methyl sites for hydroxylation is 1. The van der Waals surface area contributed by atoms with Gasteiger partial charge in [-0.15, -0.1) is 0 Å². The fourth-order valence-corrected chi connectivity index (χ4v) is 2.22. The van der Waals surface area contributed by atoms with Crippen LogP contribution < -0.4 is 0 Å². The third kappa shape index (κ3) is 2.08. The largest absolute Gasteiger partial charge is 0.481 e. The SMILES string of the molecule is Cc1cscc1C(C)CC(=O)O. The summed E-state index contributed by atoms with van der Waals surface area (Å²) < 4.78 is 0. The second-order valence-corrected chi connectivity index (χ2v) is 3.75. The highest BCUT2D eigenvalue weighted by Gasteiger charge is 2.12. The second kappa shape index (κ2) is 3.72. The summed E-state index contributed by atoms with van der Waals surface area (Å²) in [6.45, 7) is 3.97. The van der Waals surface area contributed by atoms with E-state index in [2.05, 4.69) is 0 Å². The number of aliphatic carboxylic acids is 1. The zero-order valence-electron chi connectivity index (χ0n) is 7.20. The molecule has 1 atom stereocenters. The molecule has 0 amide bonds. The molecule has 3 heteroatoms. The van der Waals surface area contributed by atoms with Gasteiger partial charge in [-0.1, -0.05) is 6.92 Å². The molecule has 1 N–H and O–H groups in total. The van der Waals surface area contributed by atoms with Crippen LogP contribution in [0.1, 0.15) is 30.4 Å². The number of carboxylic acids is 1. The summed E-state index contributed by atoms with van der Waals surface area (Å²) in [6.07, 6.45) is 0.220. The first-order valence-corrected chi connectivity index (χ1v) is 4.80. The van der Waals surface area contributed by atoms with Crippen molar-refractivity contribution in [3.8, 4) is 0 Å². The van der Waals surface area contributed by atoms with Crippen LogP contribution in [0.15, 0.2) is 10.8 Å². The van der Waals surface area contributed by atoms with Crippen molar-refractivity contribution in [3.05, 3.63) is 21.9 Å². The second-order valence-electron chi connectivity index (χ2n) is 3.01. The van der Waals surface area contributed by atoms with Crippen LogP contribution in [0.5, 0.6) is 0 Å². The van der Waals surface area contributed by atoms with Crippen LogP contribution in [0, 0.1) is 6.92 Å². The molecular formula is C9H12O2S. The monoisotopic (exact) mass is 184 g/mol. The highest BCUT2D eigenvalue weighted by Crippen LogP contribution is 2.25. The standard InChI is InChI=1S/C9H12O2S/c1-6(3-9(10)11)8-5-12-4-7(8)2/h4-6H,3H2,1-2H3,(H,10,11). The van der Waals surface area contributed by atoms with Crippen LogP contribution >= 0.6 is 11.3 Å². The molecule has 12 heavy (non-hydrogen) atoms. The lowest BCUT2D eigenvalue weighted by Gasteiger charge is -2.07. The Morgan fingerprint density at radius 3 is 2.75 bits per heavy atom. The van der Waals surface area contributed by atoms with E-state index < -0.39 is 5.97 Å². The summed E-state index contributed by atoms with van der Waals surface area (Å²) in [7, 11) is 0. The van der Waals surface area contributed by atoms with Crippen molar-refractivity contribution in [2.75, 3.05) is 0 Å². The highest BCUT2D eigenvalue weighted by atomic mass is 32.1. The van der Waals surface area contributed by atoms with Gasteiger partial charge in [-0.05, 0) is 34.7 Å². The zero-order chi connectivity index (χ0) is 9.14. The lowest BCUT2D eigenvalue weighted by molar-refractivity contribution is -0.137. The summed E-state index contributed by atoms with van der Waals surface area (Å²) >= 11 is 1.63. The molecule has 0 aliphatic heterocycles. The third-order valence-electron chi connectivity index (χ3n) is 1.91. The van der Waals surface area contributed by atoms with Crippen molar-refractivity contribution < 1.29 is 9.90 Å². The molecule has 0 aromatic carbocycles. The number of thiophene rings is 1. The lowest BCUT2D eigenvalue weighted by Crippen LogP contribution is -2.02. The van der Waals surface area contributed by atoms with E-state index in [-0.39, 0.29) is 12.3 Å². The predicted octanol–water partition coefficient (Wildman–Crippen LogP) is 2.63. The molecule has 0 aliphatic carbocycles. The van der Waals surface area contributed by atoms with Gasteiger partial charge in [-0.3, -0.25) is 4.79 Å². The van der Waals surface area contributed by atoms with Gasteiger partial charge in [-0.25, -0.2) is 0 Å². The van der Waals surface area contributed by atoms with Gasteiger partial charge < -0.3 is 5.11 Å². The summed E-state index contributed by atoms with van der Waals surface area (Å²) in [5.41, 5.74) is 2.37. The van der Waals surface area contributed by atoms with Crippen LogP contribution in [-0.2, 0) is 4.79 Å². The van der Waals surface area contributed by atoms with E-state index >= 15 is 0 Å². The molecule has 1 aromatic heterocycles. The van der Waals surface area contributed by atoms with E-state index in [1.54, 1.807) is 11.3 Å².